The smallest absolute Gasteiger partial charge is 0.349 e. The van der Waals surface area contributed by atoms with E-state index in [1.165, 1.54) is 14.2 Å². The minimum atomic E-state index is -3.22. The summed E-state index contributed by atoms with van der Waals surface area (Å²) in [7, 11) is -1.71. The molecule has 0 bridgehead atoms. The van der Waals surface area contributed by atoms with E-state index in [1.807, 2.05) is 26.0 Å². The van der Waals surface area contributed by atoms with Gasteiger partial charge >= 0.3 is 14.5 Å². The number of ether oxygens (including phenoxy) is 10. The van der Waals surface area contributed by atoms with E-state index < -0.39 is 112 Å². The number of nitrogens with one attached hydrogen (secondary N) is 1. The number of carbonyl (C=O) groups excluding carboxylic acids is 2. The number of rotatable bonds is 15. The zero-order valence-corrected chi connectivity index (χ0v) is 43.2. The minimum absolute atomic E-state index is 0.0672. The molecule has 364 valence electrons. The molecule has 2 aromatic rings. The number of hydrogen-bond acceptors (Lipinski definition) is 14. The van der Waals surface area contributed by atoms with Crippen LogP contribution in [0.4, 0.5) is 0 Å². The molecule has 0 saturated carbocycles. The van der Waals surface area contributed by atoms with E-state index in [0.717, 1.165) is 6.04 Å². The zero-order valence-electron chi connectivity index (χ0n) is 41.2. The first kappa shape index (κ1) is 51.8. The quantitative estimate of drug-likeness (QED) is 0.138. The van der Waals surface area contributed by atoms with Crippen LogP contribution in [0.5, 0.6) is 0 Å². The Kier molecular flexibility index (Phi) is 16.0. The Balaban J connectivity index is 1.47. The standard InChI is InChI=1S/C48H75NO14Si2/c1-30(2)55-28-33-36(39-40(44(58-33)54-26-27-64(13,14)15)62-48(10,53-12)47(9,52-11)61-39)60-43-35(49-41(50)31-22-18-16-19-23-31)38(59-42(51)32-24-20-17-21-25-32)37-34(57-43)29-56-65(63-37,45(3,4)5)46(6,7)8/h16-25,30,33-40,43-44H,26-29H2,1-15H3,(H,49,50)/t33-,34-,35-,36+,37+,38-,39+,40-,43-,44-,47-,48-/m1/s1. The van der Waals surface area contributed by atoms with Crippen LogP contribution in [-0.2, 0) is 56.2 Å². The Hall–Kier alpha value is -2.63. The van der Waals surface area contributed by atoms with Crippen molar-refractivity contribution in [3.05, 3.63) is 71.8 Å². The Bertz CT molecular complexity index is 1880. The van der Waals surface area contributed by atoms with Crippen LogP contribution >= 0.6 is 0 Å². The first-order chi connectivity index (χ1) is 30.4. The normalized spacial score (nSPS) is 34.0. The van der Waals surface area contributed by atoms with Gasteiger partial charge in [0.1, 0.15) is 42.7 Å². The fourth-order valence-corrected chi connectivity index (χ4v) is 14.9. The second-order valence-corrected chi connectivity index (χ2v) is 31.7. The van der Waals surface area contributed by atoms with Gasteiger partial charge in [-0.05, 0) is 58.0 Å². The molecule has 0 radical (unpaired) electrons. The SMILES string of the molecule is CO[C@]1(C)O[C@H]2[C@@H](O[C@H]3O[C@@H]4CO[Si](C(C)(C)C)(C(C)(C)C)O[C@@H]4[C@H](OC(=O)c4ccccc4)[C@H]3NC(=O)c3ccccc3)[C@@H](COC(C)C)O[C@@H](OCC[Si](C)(C)C)[C@@H]2O[C@@]1(C)OC. The van der Waals surface area contributed by atoms with E-state index in [1.54, 1.807) is 62.4 Å². The van der Waals surface area contributed by atoms with Gasteiger partial charge in [0.15, 0.2) is 18.7 Å². The van der Waals surface area contributed by atoms with Gasteiger partial charge in [-0.25, -0.2) is 4.79 Å². The molecule has 12 atom stereocenters. The van der Waals surface area contributed by atoms with Gasteiger partial charge < -0.3 is 61.5 Å². The minimum Gasteiger partial charge on any atom is -0.454 e. The molecule has 1 amide bonds. The van der Waals surface area contributed by atoms with Crippen LogP contribution in [0, 0.1) is 0 Å². The van der Waals surface area contributed by atoms with Gasteiger partial charge in [0.2, 0.25) is 11.6 Å². The molecule has 65 heavy (non-hydrogen) atoms. The van der Waals surface area contributed by atoms with Crippen LogP contribution in [0.3, 0.4) is 0 Å². The number of carbonyl (C=O) groups is 2. The molecule has 2 aromatic carbocycles. The first-order valence-corrected chi connectivity index (χ1v) is 28.5. The molecular formula is C48H75NO14Si2. The maximum Gasteiger partial charge on any atom is 0.349 e. The van der Waals surface area contributed by atoms with Gasteiger partial charge in [-0.3, -0.25) is 4.79 Å². The molecule has 17 heteroatoms. The van der Waals surface area contributed by atoms with Crippen LogP contribution in [0.25, 0.3) is 0 Å². The highest BCUT2D eigenvalue weighted by Crippen LogP contribution is 2.55. The highest BCUT2D eigenvalue weighted by atomic mass is 28.4. The van der Waals surface area contributed by atoms with Crippen molar-refractivity contribution in [2.45, 2.75) is 184 Å². The maximum atomic E-state index is 14.4. The van der Waals surface area contributed by atoms with Gasteiger partial charge in [-0.15, -0.1) is 0 Å². The Morgan fingerprint density at radius 1 is 0.800 bits per heavy atom. The number of amides is 1. The summed E-state index contributed by atoms with van der Waals surface area (Å²) in [6.07, 6.45) is -8.93. The molecular weight excluding hydrogens is 871 g/mol. The molecule has 4 aliphatic rings. The van der Waals surface area contributed by atoms with Gasteiger partial charge in [-0.1, -0.05) is 97.6 Å². The number of esters is 1. The van der Waals surface area contributed by atoms with Crippen LogP contribution in [0.2, 0.25) is 35.8 Å². The molecule has 15 nitrogen and oxygen atoms in total. The molecule has 0 aromatic heterocycles. The third-order valence-electron chi connectivity index (χ3n) is 12.9. The molecule has 4 fully saturated rings. The Labute approximate surface area is 388 Å². The molecule has 0 aliphatic carbocycles. The lowest BCUT2D eigenvalue weighted by Crippen LogP contribution is -2.76. The first-order valence-electron chi connectivity index (χ1n) is 22.9. The third kappa shape index (κ3) is 11.1. The van der Waals surface area contributed by atoms with Crippen LogP contribution < -0.4 is 5.32 Å². The van der Waals surface area contributed by atoms with E-state index in [0.29, 0.717) is 17.7 Å². The summed E-state index contributed by atoms with van der Waals surface area (Å²) in [5.74, 6) is -3.92. The average molecular weight is 946 g/mol. The molecule has 4 aliphatic heterocycles. The molecule has 6 rings (SSSR count). The second kappa shape index (κ2) is 20.1. The lowest BCUT2D eigenvalue weighted by atomic mass is 9.93. The molecule has 0 unspecified atom stereocenters. The van der Waals surface area contributed by atoms with E-state index in [9.17, 15) is 9.59 Å². The van der Waals surface area contributed by atoms with E-state index in [-0.39, 0.29) is 19.3 Å². The Morgan fingerprint density at radius 3 is 1.91 bits per heavy atom. The summed E-state index contributed by atoms with van der Waals surface area (Å²) in [6, 6.07) is 17.2. The lowest BCUT2D eigenvalue weighted by molar-refractivity contribution is -0.489. The van der Waals surface area contributed by atoms with E-state index in [2.05, 4.69) is 66.5 Å². The molecule has 4 heterocycles. The third-order valence-corrected chi connectivity index (χ3v) is 19.7. The summed E-state index contributed by atoms with van der Waals surface area (Å²) in [5.41, 5.74) is 0.703. The van der Waals surface area contributed by atoms with Crippen molar-refractivity contribution >= 4 is 28.5 Å². The Morgan fingerprint density at radius 2 is 1.37 bits per heavy atom. The van der Waals surface area contributed by atoms with Gasteiger partial charge in [0.05, 0.1) is 24.9 Å². The van der Waals surface area contributed by atoms with Crippen LogP contribution in [0.1, 0.15) is 90.0 Å². The van der Waals surface area contributed by atoms with Crippen LogP contribution in [0.15, 0.2) is 60.7 Å². The maximum absolute atomic E-state index is 14.4. The number of hydrogen-bond donors (Lipinski definition) is 1. The number of methoxy groups -OCH3 is 2. The summed E-state index contributed by atoms with van der Waals surface area (Å²) < 4.78 is 80.4. The van der Waals surface area contributed by atoms with Gasteiger partial charge in [0.25, 0.3) is 5.91 Å². The molecule has 4 saturated heterocycles. The summed E-state index contributed by atoms with van der Waals surface area (Å²) in [4.78, 5) is 28.7. The molecule has 1 N–H and O–H groups in total. The number of fused-ring (bicyclic) bond motifs is 2. The van der Waals surface area contributed by atoms with Crippen molar-refractivity contribution < 1.29 is 65.8 Å². The van der Waals surface area contributed by atoms with Crippen molar-refractivity contribution in [1.82, 2.24) is 5.32 Å². The largest absolute Gasteiger partial charge is 0.454 e. The fourth-order valence-electron chi connectivity index (χ4n) is 9.21. The topological polar surface area (TPSA) is 157 Å². The van der Waals surface area contributed by atoms with E-state index in [4.69, 9.17) is 56.2 Å². The van der Waals surface area contributed by atoms with Gasteiger partial charge in [0, 0.05) is 44.5 Å². The highest BCUT2D eigenvalue weighted by Gasteiger charge is 2.67. The van der Waals surface area contributed by atoms with Crippen molar-refractivity contribution in [2.24, 2.45) is 0 Å². The van der Waals surface area contributed by atoms with Gasteiger partial charge in [-0.2, -0.15) is 0 Å². The monoisotopic (exact) mass is 945 g/mol. The predicted octanol–water partition coefficient (Wildman–Crippen LogP) is 7.59. The van der Waals surface area contributed by atoms with Crippen molar-refractivity contribution in [3.63, 3.8) is 0 Å². The lowest BCUT2D eigenvalue weighted by Gasteiger charge is -2.59. The van der Waals surface area contributed by atoms with Crippen molar-refractivity contribution in [3.8, 4) is 0 Å². The summed E-state index contributed by atoms with van der Waals surface area (Å²) in [6.45, 7) is 27.4. The average Bonchev–Trinajstić information content (AvgIpc) is 3.24. The van der Waals surface area contributed by atoms with Crippen LogP contribution in [-0.4, -0.2) is 142 Å². The molecule has 0 spiro atoms. The van der Waals surface area contributed by atoms with Crippen molar-refractivity contribution in [1.29, 1.82) is 0 Å². The summed E-state index contributed by atoms with van der Waals surface area (Å²) in [5, 5.41) is 2.31. The highest BCUT2D eigenvalue weighted by molar-refractivity contribution is 6.76. The van der Waals surface area contributed by atoms with E-state index >= 15 is 0 Å². The zero-order chi connectivity index (χ0) is 47.8. The predicted molar refractivity (Wildman–Crippen MR) is 247 cm³/mol. The fraction of sp³-hybridized carbons (Fsp3) is 0.708. The summed E-state index contributed by atoms with van der Waals surface area (Å²) >= 11 is 0. The number of benzene rings is 2. The van der Waals surface area contributed by atoms with Crippen molar-refractivity contribution in [2.75, 3.05) is 34.0 Å². The second-order valence-electron chi connectivity index (χ2n) is 21.3.